The van der Waals surface area contributed by atoms with Crippen LogP contribution in [0.25, 0.3) is 0 Å². The van der Waals surface area contributed by atoms with Crippen molar-refractivity contribution in [3.05, 3.63) is 48.9 Å². The van der Waals surface area contributed by atoms with Gasteiger partial charge in [-0.15, -0.1) is 25.3 Å². The van der Waals surface area contributed by atoms with E-state index in [4.69, 9.17) is 0 Å². The van der Waals surface area contributed by atoms with Gasteiger partial charge in [-0.2, -0.15) is 0 Å². The molecule has 0 saturated heterocycles. The summed E-state index contributed by atoms with van der Waals surface area (Å²) >= 11 is 8.51. The van der Waals surface area contributed by atoms with Crippen LogP contribution in [0.5, 0.6) is 0 Å². The van der Waals surface area contributed by atoms with E-state index in [0.717, 1.165) is 0 Å². The molecule has 0 aliphatic heterocycles. The van der Waals surface area contributed by atoms with Crippen LogP contribution in [0.15, 0.2) is 48.9 Å². The van der Waals surface area contributed by atoms with Gasteiger partial charge in [-0.1, -0.05) is 6.07 Å². The molecule has 0 spiro atoms. The van der Waals surface area contributed by atoms with Gasteiger partial charge in [0.15, 0.2) is 0 Å². The highest BCUT2D eigenvalue weighted by atomic mass is 32.2. The molecule has 0 aliphatic rings. The van der Waals surface area contributed by atoms with E-state index in [2.05, 4.69) is 35.6 Å². The van der Waals surface area contributed by atoms with Crippen LogP contribution < -0.4 is 5.32 Å². The Morgan fingerprint density at radius 3 is 2.53 bits per heavy atom. The van der Waals surface area contributed by atoms with Gasteiger partial charge in [-0.25, -0.2) is 4.98 Å². The van der Waals surface area contributed by atoms with Gasteiger partial charge < -0.3 is 9.88 Å². The standard InChI is InChI=1S/C11H11N3OS2/c15-10(13-9-5-1-2-6-12-9)11(16,17)14-7-3-4-8-14/h1-8,16-17H,(H,12,13,15). The maximum atomic E-state index is 12.0. The van der Waals surface area contributed by atoms with Crippen LogP contribution in [-0.4, -0.2) is 15.5 Å². The van der Waals surface area contributed by atoms with Crippen molar-refractivity contribution in [3.63, 3.8) is 0 Å². The fourth-order valence-corrected chi connectivity index (χ4v) is 1.67. The lowest BCUT2D eigenvalue weighted by atomic mass is 10.4. The number of nitrogens with zero attached hydrogens (tertiary/aromatic N) is 2. The van der Waals surface area contributed by atoms with Crippen LogP contribution in [0, 0.1) is 0 Å². The molecule has 6 heteroatoms. The molecule has 0 unspecified atom stereocenters. The molecule has 0 aliphatic carbocycles. The molecule has 2 rings (SSSR count). The summed E-state index contributed by atoms with van der Waals surface area (Å²) in [6.45, 7) is 0. The summed E-state index contributed by atoms with van der Waals surface area (Å²) in [6.07, 6.45) is 5.04. The quantitative estimate of drug-likeness (QED) is 0.587. The van der Waals surface area contributed by atoms with Gasteiger partial charge in [-0.3, -0.25) is 4.79 Å². The lowest BCUT2D eigenvalue weighted by molar-refractivity contribution is -0.117. The van der Waals surface area contributed by atoms with Gasteiger partial charge in [-0.05, 0) is 24.3 Å². The second-order valence-electron chi connectivity index (χ2n) is 3.39. The van der Waals surface area contributed by atoms with Crippen LogP contribution in [0.1, 0.15) is 0 Å². The number of hydrogen-bond acceptors (Lipinski definition) is 4. The van der Waals surface area contributed by atoms with E-state index < -0.39 is 4.20 Å². The van der Waals surface area contributed by atoms with E-state index in [1.807, 2.05) is 0 Å². The van der Waals surface area contributed by atoms with Gasteiger partial charge in [0, 0.05) is 18.6 Å². The molecule has 4 nitrogen and oxygen atoms in total. The van der Waals surface area contributed by atoms with Crippen LogP contribution >= 0.6 is 25.3 Å². The highest BCUT2D eigenvalue weighted by Gasteiger charge is 2.31. The topological polar surface area (TPSA) is 46.9 Å². The first-order chi connectivity index (χ1) is 8.10. The normalized spacial score (nSPS) is 11.2. The molecule has 2 aromatic heterocycles. The van der Waals surface area contributed by atoms with E-state index in [1.54, 1.807) is 53.5 Å². The minimum Gasteiger partial charge on any atom is -0.323 e. The van der Waals surface area contributed by atoms with E-state index in [9.17, 15) is 4.79 Å². The number of carbonyl (C=O) groups excluding carboxylic acids is 1. The third-order valence-corrected chi connectivity index (χ3v) is 3.04. The van der Waals surface area contributed by atoms with Crippen LogP contribution in [0.2, 0.25) is 0 Å². The Hall–Kier alpha value is -1.40. The summed E-state index contributed by atoms with van der Waals surface area (Å²) in [5, 5.41) is 2.65. The second kappa shape index (κ2) is 4.85. The van der Waals surface area contributed by atoms with Crippen molar-refractivity contribution in [3.8, 4) is 0 Å². The highest BCUT2D eigenvalue weighted by Crippen LogP contribution is 2.27. The van der Waals surface area contributed by atoms with Crippen LogP contribution in [-0.2, 0) is 9.00 Å². The summed E-state index contributed by atoms with van der Waals surface area (Å²) in [5.74, 6) is 0.108. The smallest absolute Gasteiger partial charge is 0.272 e. The molecule has 1 N–H and O–H groups in total. The molecule has 2 aromatic rings. The van der Waals surface area contributed by atoms with Crippen molar-refractivity contribution in [1.82, 2.24) is 9.55 Å². The first-order valence-electron chi connectivity index (χ1n) is 4.91. The average molecular weight is 265 g/mol. The lowest BCUT2D eigenvalue weighted by Crippen LogP contribution is -2.35. The number of nitrogens with one attached hydrogen (secondary N) is 1. The van der Waals surface area contributed by atoms with Crippen molar-refractivity contribution in [2.75, 3.05) is 5.32 Å². The molecule has 0 aromatic carbocycles. The molecule has 0 radical (unpaired) electrons. The zero-order chi connectivity index (χ0) is 12.3. The maximum Gasteiger partial charge on any atom is 0.272 e. The fourth-order valence-electron chi connectivity index (χ4n) is 1.30. The first kappa shape index (κ1) is 12.1. The largest absolute Gasteiger partial charge is 0.323 e. The third kappa shape index (κ3) is 2.65. The molecular weight excluding hydrogens is 254 g/mol. The molecule has 0 atom stereocenters. The molecule has 2 heterocycles. The van der Waals surface area contributed by atoms with Crippen molar-refractivity contribution in [2.45, 2.75) is 4.20 Å². The third-order valence-electron chi connectivity index (χ3n) is 2.18. The Bertz CT molecular complexity index is 497. The van der Waals surface area contributed by atoms with Crippen LogP contribution in [0.3, 0.4) is 0 Å². The Kier molecular flexibility index (Phi) is 3.44. The second-order valence-corrected chi connectivity index (χ2v) is 5.04. The Balaban J connectivity index is 2.16. The van der Waals surface area contributed by atoms with Crippen molar-refractivity contribution >= 4 is 37.0 Å². The Morgan fingerprint density at radius 1 is 1.24 bits per heavy atom. The zero-order valence-corrected chi connectivity index (χ0v) is 10.6. The molecule has 88 valence electrons. The summed E-state index contributed by atoms with van der Waals surface area (Å²) in [6, 6.07) is 8.86. The maximum absolute atomic E-state index is 12.0. The Labute approximate surface area is 110 Å². The summed E-state index contributed by atoms with van der Waals surface area (Å²) < 4.78 is 0.346. The molecule has 0 bridgehead atoms. The summed E-state index contributed by atoms with van der Waals surface area (Å²) in [5.41, 5.74) is 0. The summed E-state index contributed by atoms with van der Waals surface area (Å²) in [7, 11) is 0. The zero-order valence-electron chi connectivity index (χ0n) is 8.82. The number of anilines is 1. The highest BCUT2D eigenvalue weighted by molar-refractivity contribution is 8.00. The van der Waals surface area contributed by atoms with Crippen molar-refractivity contribution in [2.24, 2.45) is 0 Å². The number of rotatable bonds is 3. The van der Waals surface area contributed by atoms with Gasteiger partial charge in [0.25, 0.3) is 5.91 Å². The minimum absolute atomic E-state index is 0.362. The number of aromatic nitrogens is 2. The van der Waals surface area contributed by atoms with E-state index in [1.165, 1.54) is 0 Å². The number of thiol groups is 2. The van der Waals surface area contributed by atoms with E-state index in [0.29, 0.717) is 5.82 Å². The Morgan fingerprint density at radius 2 is 1.94 bits per heavy atom. The van der Waals surface area contributed by atoms with Gasteiger partial charge in [0.1, 0.15) is 5.82 Å². The van der Waals surface area contributed by atoms with Gasteiger partial charge in [0.2, 0.25) is 4.20 Å². The number of carbonyl (C=O) groups is 1. The molecule has 17 heavy (non-hydrogen) atoms. The molecule has 1 amide bonds. The predicted octanol–water partition coefficient (Wildman–Crippen LogP) is 1.99. The fraction of sp³-hybridized carbons (Fsp3) is 0.0909. The van der Waals surface area contributed by atoms with Crippen LogP contribution in [0.4, 0.5) is 5.82 Å². The number of hydrogen-bond donors (Lipinski definition) is 3. The minimum atomic E-state index is -1.25. The van der Waals surface area contributed by atoms with E-state index in [-0.39, 0.29) is 5.91 Å². The lowest BCUT2D eigenvalue weighted by Gasteiger charge is -2.23. The SMILES string of the molecule is O=C(Nc1ccccn1)C(S)(S)n1cccc1. The summed E-state index contributed by atoms with van der Waals surface area (Å²) in [4.78, 5) is 16.0. The molecule has 0 saturated carbocycles. The molecule has 0 fully saturated rings. The average Bonchev–Trinajstić information content (AvgIpc) is 2.84. The predicted molar refractivity (Wildman–Crippen MR) is 73.2 cm³/mol. The van der Waals surface area contributed by atoms with E-state index >= 15 is 0 Å². The first-order valence-corrected chi connectivity index (χ1v) is 5.81. The van der Waals surface area contributed by atoms with Crippen molar-refractivity contribution in [1.29, 1.82) is 0 Å². The van der Waals surface area contributed by atoms with Crippen molar-refractivity contribution < 1.29 is 4.79 Å². The van der Waals surface area contributed by atoms with Gasteiger partial charge >= 0.3 is 0 Å². The monoisotopic (exact) mass is 265 g/mol. The molecular formula is C11H11N3OS2. The number of pyridine rings is 1. The van der Waals surface area contributed by atoms with Gasteiger partial charge in [0.05, 0.1) is 0 Å². The number of amides is 1.